The van der Waals surface area contributed by atoms with Gasteiger partial charge in [0.25, 0.3) is 0 Å². The van der Waals surface area contributed by atoms with Crippen LogP contribution in [0.1, 0.15) is 48.5 Å². The van der Waals surface area contributed by atoms with Gasteiger partial charge in [-0.05, 0) is 27.7 Å². The average molecular weight is 243 g/mol. The highest BCUT2D eigenvalue weighted by atomic mass is 28.3. The van der Waals surface area contributed by atoms with Crippen molar-refractivity contribution in [2.24, 2.45) is 4.99 Å². The van der Waals surface area contributed by atoms with Crippen molar-refractivity contribution < 1.29 is 5.11 Å². The zero-order chi connectivity index (χ0) is 13.0. The van der Waals surface area contributed by atoms with E-state index in [0.29, 0.717) is 0 Å². The highest BCUT2D eigenvalue weighted by molar-refractivity contribution is 6.85. The number of aliphatic imine (C=N–C) groups is 1. The summed E-state index contributed by atoms with van der Waals surface area (Å²) in [6, 6.07) is 3.64. The summed E-state index contributed by atoms with van der Waals surface area (Å²) < 4.78 is 0. The van der Waals surface area contributed by atoms with E-state index in [4.69, 9.17) is 0 Å². The molecule has 0 heterocycles. The molecule has 96 valence electrons. The van der Waals surface area contributed by atoms with E-state index in [2.05, 4.69) is 39.6 Å². The van der Waals surface area contributed by atoms with Gasteiger partial charge >= 0.3 is 0 Å². The average Bonchev–Trinajstić information content (AvgIpc) is 2.19. The zero-order valence-corrected chi connectivity index (χ0v) is 13.1. The van der Waals surface area contributed by atoms with Crippen molar-refractivity contribution in [1.29, 1.82) is 0 Å². The molecule has 0 aliphatic rings. The number of nitrogens with zero attached hydrogens (tertiary/aromatic N) is 1. The summed E-state index contributed by atoms with van der Waals surface area (Å²) in [6.07, 6.45) is 0. The van der Waals surface area contributed by atoms with Crippen molar-refractivity contribution in [3.63, 3.8) is 0 Å². The molecule has 0 aliphatic heterocycles. The molecular weight excluding hydrogens is 214 g/mol. The topological polar surface area (TPSA) is 32.6 Å². The number of hydrogen-bond acceptors (Lipinski definition) is 2. The van der Waals surface area contributed by atoms with Crippen LogP contribution in [-0.2, 0) is 0 Å². The minimum Gasteiger partial charge on any atom is -0.388 e. The second kappa shape index (κ2) is 5.96. The second-order valence-electron chi connectivity index (χ2n) is 5.22. The Kier molecular flexibility index (Phi) is 5.91. The molecule has 1 unspecified atom stereocenters. The first-order valence-corrected chi connectivity index (χ1v) is 9.16. The highest BCUT2D eigenvalue weighted by Crippen LogP contribution is 2.33. The van der Waals surface area contributed by atoms with Crippen molar-refractivity contribution in [2.75, 3.05) is 0 Å². The predicted molar refractivity (Wildman–Crippen MR) is 76.1 cm³/mol. The third-order valence-corrected chi connectivity index (χ3v) is 10.7. The van der Waals surface area contributed by atoms with Crippen LogP contribution in [-0.4, -0.2) is 30.2 Å². The molecule has 0 aromatic heterocycles. The van der Waals surface area contributed by atoms with E-state index in [1.807, 2.05) is 13.8 Å². The van der Waals surface area contributed by atoms with Crippen LogP contribution >= 0.6 is 0 Å². The van der Waals surface area contributed by atoms with Gasteiger partial charge in [-0.3, -0.25) is 4.99 Å². The lowest BCUT2D eigenvalue weighted by Crippen LogP contribution is -2.59. The SMILES string of the molecule is CC[Si](CC)(CC)C(C)(O)C(C)=NC(C)C. The smallest absolute Gasteiger partial charge is 0.0973 e. The fourth-order valence-electron chi connectivity index (χ4n) is 2.68. The van der Waals surface area contributed by atoms with Crippen LogP contribution in [0.25, 0.3) is 0 Å². The van der Waals surface area contributed by atoms with Crippen molar-refractivity contribution in [3.05, 3.63) is 0 Å². The van der Waals surface area contributed by atoms with Gasteiger partial charge in [0.05, 0.1) is 13.3 Å². The van der Waals surface area contributed by atoms with Crippen molar-refractivity contribution in [3.8, 4) is 0 Å². The summed E-state index contributed by atoms with van der Waals surface area (Å²) in [5, 5.41) is 10.2. The van der Waals surface area contributed by atoms with E-state index in [1.54, 1.807) is 0 Å². The van der Waals surface area contributed by atoms with Gasteiger partial charge in [0.2, 0.25) is 0 Å². The maximum absolute atomic E-state index is 10.9. The molecule has 0 amide bonds. The number of aliphatic hydroxyl groups is 1. The molecule has 0 fully saturated rings. The fourth-order valence-corrected chi connectivity index (χ4v) is 7.08. The lowest BCUT2D eigenvalue weighted by Gasteiger charge is -2.42. The van der Waals surface area contributed by atoms with Gasteiger partial charge in [-0.1, -0.05) is 38.9 Å². The molecule has 0 aromatic carbocycles. The first-order chi connectivity index (χ1) is 7.27. The second-order valence-corrected chi connectivity index (χ2v) is 10.9. The van der Waals surface area contributed by atoms with E-state index >= 15 is 0 Å². The number of hydrogen-bond donors (Lipinski definition) is 1. The lowest BCUT2D eigenvalue weighted by atomic mass is 10.2. The van der Waals surface area contributed by atoms with Crippen LogP contribution in [0.4, 0.5) is 0 Å². The summed E-state index contributed by atoms with van der Waals surface area (Å²) in [6.45, 7) is 14.8. The highest BCUT2D eigenvalue weighted by Gasteiger charge is 2.47. The first kappa shape index (κ1) is 15.8. The quantitative estimate of drug-likeness (QED) is 0.560. The maximum Gasteiger partial charge on any atom is 0.0973 e. The molecule has 0 saturated carbocycles. The molecule has 1 atom stereocenters. The van der Waals surface area contributed by atoms with Crippen molar-refractivity contribution in [2.45, 2.75) is 77.9 Å². The molecule has 1 N–H and O–H groups in total. The molecule has 3 heteroatoms. The Morgan fingerprint density at radius 1 is 1.19 bits per heavy atom. The van der Waals surface area contributed by atoms with Gasteiger partial charge in [-0.15, -0.1) is 0 Å². The summed E-state index contributed by atoms with van der Waals surface area (Å²) in [5.41, 5.74) is 0.930. The molecule has 0 bridgehead atoms. The summed E-state index contributed by atoms with van der Waals surface area (Å²) in [7, 11) is -1.65. The molecule has 2 nitrogen and oxygen atoms in total. The van der Waals surface area contributed by atoms with Gasteiger partial charge in [0.1, 0.15) is 0 Å². The standard InChI is InChI=1S/C13H29NOSi/c1-8-16(9-2,10-3)13(7,15)12(6)14-11(4)5/h11,15H,8-10H2,1-7H3. The third kappa shape index (κ3) is 2.95. The molecular formula is C13H29NOSi. The Bertz CT molecular complexity index is 234. The molecule has 0 spiro atoms. The van der Waals surface area contributed by atoms with Crippen molar-refractivity contribution >= 4 is 13.8 Å². The van der Waals surface area contributed by atoms with Crippen LogP contribution in [0, 0.1) is 0 Å². The van der Waals surface area contributed by atoms with E-state index in [1.165, 1.54) is 0 Å². The van der Waals surface area contributed by atoms with Gasteiger partial charge in [0.15, 0.2) is 0 Å². The Morgan fingerprint density at radius 2 is 1.56 bits per heavy atom. The molecule has 16 heavy (non-hydrogen) atoms. The molecule has 0 radical (unpaired) electrons. The fraction of sp³-hybridized carbons (Fsp3) is 0.923. The van der Waals surface area contributed by atoms with Gasteiger partial charge in [0, 0.05) is 11.8 Å². The normalized spacial score (nSPS) is 17.7. The largest absolute Gasteiger partial charge is 0.388 e. The summed E-state index contributed by atoms with van der Waals surface area (Å²) in [4.78, 5) is 4.56. The Labute approximate surface area is 102 Å². The summed E-state index contributed by atoms with van der Waals surface area (Å²) in [5.74, 6) is 0. The third-order valence-electron chi connectivity index (χ3n) is 4.22. The Hall–Kier alpha value is -0.153. The summed E-state index contributed by atoms with van der Waals surface area (Å²) >= 11 is 0. The Balaban J connectivity index is 5.29. The molecule has 0 aliphatic carbocycles. The Morgan fingerprint density at radius 3 is 1.81 bits per heavy atom. The van der Waals surface area contributed by atoms with E-state index < -0.39 is 13.3 Å². The maximum atomic E-state index is 10.9. The van der Waals surface area contributed by atoms with Crippen LogP contribution in [0.15, 0.2) is 4.99 Å². The number of rotatable bonds is 6. The van der Waals surface area contributed by atoms with Gasteiger partial charge in [-0.25, -0.2) is 0 Å². The predicted octanol–water partition coefficient (Wildman–Crippen LogP) is 3.65. The zero-order valence-electron chi connectivity index (χ0n) is 12.1. The van der Waals surface area contributed by atoms with Crippen LogP contribution in [0.3, 0.4) is 0 Å². The minimum absolute atomic E-state index is 0.267. The monoisotopic (exact) mass is 243 g/mol. The van der Waals surface area contributed by atoms with E-state index in [0.717, 1.165) is 23.8 Å². The molecule has 0 aromatic rings. The van der Waals surface area contributed by atoms with Crippen molar-refractivity contribution in [1.82, 2.24) is 0 Å². The van der Waals surface area contributed by atoms with Crippen LogP contribution < -0.4 is 0 Å². The van der Waals surface area contributed by atoms with Crippen LogP contribution in [0.5, 0.6) is 0 Å². The van der Waals surface area contributed by atoms with E-state index in [-0.39, 0.29) is 6.04 Å². The lowest BCUT2D eigenvalue weighted by molar-refractivity contribution is 0.202. The minimum atomic E-state index is -1.65. The van der Waals surface area contributed by atoms with E-state index in [9.17, 15) is 5.11 Å². The van der Waals surface area contributed by atoms with Gasteiger partial charge < -0.3 is 5.11 Å². The molecule has 0 rings (SSSR count). The van der Waals surface area contributed by atoms with Crippen LogP contribution in [0.2, 0.25) is 18.1 Å². The van der Waals surface area contributed by atoms with Gasteiger partial charge in [-0.2, -0.15) is 0 Å². The molecule has 0 saturated heterocycles. The first-order valence-electron chi connectivity index (χ1n) is 6.54.